The van der Waals surface area contributed by atoms with Crippen LogP contribution < -0.4 is 21.3 Å². The molecule has 0 radical (unpaired) electrons. The largest absolute Gasteiger partial charge is 0.494 e. The summed E-state index contributed by atoms with van der Waals surface area (Å²) in [6.45, 7) is 9.25. The van der Waals surface area contributed by atoms with Crippen molar-refractivity contribution in [2.45, 2.75) is 115 Å². The Balaban J connectivity index is 0.828. The topological polar surface area (TPSA) is 179 Å². The Morgan fingerprint density at radius 3 is 2.66 bits per heavy atom. The average Bonchev–Trinajstić information content (AvgIpc) is 3.83. The van der Waals surface area contributed by atoms with Gasteiger partial charge in [-0.3, -0.25) is 19.1 Å². The van der Waals surface area contributed by atoms with Crippen molar-refractivity contribution in [1.82, 2.24) is 39.8 Å². The standard InChI is InChI=1S/C42H50N8O6/c1-25-22-49(40(54)46-39(25)53)35-20-32(33(24-51)56-35)50-23-26(47-48-50)21-43-34(52)13-6-5-9-18-55-27-14-15-29-28(19-27)36-37(45-31-12-8-7-11-30(31)44-36)38-41(2,3)16-10-17-42(29,38)4/h7-8,11-12,14-15,19,22-23,32-33,35,38,51H,5-6,9-10,13,16-18,20-21,24H2,1-4H3,(H,43,52)(H,46,53,54)/t32-,33+,35+,38-,42+/m0/s1. The number of aliphatic hydroxyl groups is 1. The molecule has 1 saturated carbocycles. The van der Waals surface area contributed by atoms with Crippen molar-refractivity contribution in [3.05, 3.63) is 98.2 Å². The zero-order valence-corrected chi connectivity index (χ0v) is 32.5. The monoisotopic (exact) mass is 762 g/mol. The van der Waals surface area contributed by atoms with E-state index < -0.39 is 29.6 Å². The van der Waals surface area contributed by atoms with Gasteiger partial charge in [0, 0.05) is 41.5 Å². The molecule has 14 heteroatoms. The molecule has 2 fully saturated rings. The summed E-state index contributed by atoms with van der Waals surface area (Å²) in [7, 11) is 0. The molecule has 5 aromatic rings. The van der Waals surface area contributed by atoms with Gasteiger partial charge in [-0.05, 0) is 74.3 Å². The van der Waals surface area contributed by atoms with E-state index >= 15 is 0 Å². The molecule has 1 amide bonds. The van der Waals surface area contributed by atoms with E-state index in [-0.39, 0.29) is 35.8 Å². The number of hydrogen-bond acceptors (Lipinski definition) is 10. The molecular weight excluding hydrogens is 713 g/mol. The number of aromatic amines is 1. The van der Waals surface area contributed by atoms with Gasteiger partial charge in [0.1, 0.15) is 23.8 Å². The zero-order valence-electron chi connectivity index (χ0n) is 32.5. The molecule has 8 rings (SSSR count). The molecule has 3 aliphatic rings. The molecule has 2 aromatic carbocycles. The predicted molar refractivity (Wildman–Crippen MR) is 209 cm³/mol. The zero-order chi connectivity index (χ0) is 39.2. The van der Waals surface area contributed by atoms with Crippen LogP contribution in [-0.4, -0.2) is 64.8 Å². The number of nitrogens with one attached hydrogen (secondary N) is 2. The van der Waals surface area contributed by atoms with Crippen LogP contribution in [0.5, 0.6) is 5.75 Å². The molecule has 1 saturated heterocycles. The number of para-hydroxylation sites is 2. The molecule has 1 aliphatic heterocycles. The highest BCUT2D eigenvalue weighted by atomic mass is 16.5. The van der Waals surface area contributed by atoms with Crippen LogP contribution in [0.4, 0.5) is 0 Å². The highest BCUT2D eigenvalue weighted by molar-refractivity contribution is 5.82. The number of carbonyl (C=O) groups excluding carboxylic acids is 1. The lowest BCUT2D eigenvalue weighted by atomic mass is 9.50. The summed E-state index contributed by atoms with van der Waals surface area (Å²) in [4.78, 5) is 49.7. The summed E-state index contributed by atoms with van der Waals surface area (Å²) in [5, 5.41) is 21.3. The van der Waals surface area contributed by atoms with Crippen molar-refractivity contribution in [2.24, 2.45) is 5.41 Å². The number of hydrogen-bond donors (Lipinski definition) is 3. The smallest absolute Gasteiger partial charge is 0.330 e. The molecule has 2 aliphatic carbocycles. The summed E-state index contributed by atoms with van der Waals surface area (Å²) >= 11 is 0. The van der Waals surface area contributed by atoms with E-state index in [0.29, 0.717) is 30.7 Å². The van der Waals surface area contributed by atoms with Crippen LogP contribution in [0.3, 0.4) is 0 Å². The Morgan fingerprint density at radius 2 is 1.86 bits per heavy atom. The summed E-state index contributed by atoms with van der Waals surface area (Å²) in [6.07, 6.45) is 8.39. The lowest BCUT2D eigenvalue weighted by molar-refractivity contribution is -0.121. The Hall–Kier alpha value is -5.21. The van der Waals surface area contributed by atoms with Crippen molar-refractivity contribution >= 4 is 16.9 Å². The predicted octanol–water partition coefficient (Wildman–Crippen LogP) is 5.39. The molecule has 0 unspecified atom stereocenters. The van der Waals surface area contributed by atoms with Gasteiger partial charge in [0.15, 0.2) is 0 Å². The van der Waals surface area contributed by atoms with E-state index in [4.69, 9.17) is 19.4 Å². The van der Waals surface area contributed by atoms with E-state index in [0.717, 1.165) is 59.4 Å². The molecule has 0 bridgehead atoms. The maximum atomic E-state index is 12.7. The van der Waals surface area contributed by atoms with E-state index in [9.17, 15) is 19.5 Å². The van der Waals surface area contributed by atoms with Crippen LogP contribution >= 0.6 is 0 Å². The Labute approximate surface area is 324 Å². The van der Waals surface area contributed by atoms with Crippen LogP contribution in [0.2, 0.25) is 0 Å². The van der Waals surface area contributed by atoms with Gasteiger partial charge in [-0.25, -0.2) is 19.4 Å². The van der Waals surface area contributed by atoms with Crippen molar-refractivity contribution in [2.75, 3.05) is 13.2 Å². The van der Waals surface area contributed by atoms with Gasteiger partial charge < -0.3 is 19.9 Å². The van der Waals surface area contributed by atoms with E-state index in [1.54, 1.807) is 17.8 Å². The van der Waals surface area contributed by atoms with Gasteiger partial charge in [0.25, 0.3) is 5.56 Å². The second kappa shape index (κ2) is 15.0. The maximum absolute atomic E-state index is 12.7. The quantitative estimate of drug-likeness (QED) is 0.140. The minimum absolute atomic E-state index is 0.0381. The Kier molecular flexibility index (Phi) is 10.1. The summed E-state index contributed by atoms with van der Waals surface area (Å²) < 4.78 is 15.1. The highest BCUT2D eigenvalue weighted by Crippen LogP contribution is 2.62. The number of benzene rings is 2. The lowest BCUT2D eigenvalue weighted by Gasteiger charge is -2.53. The molecular formula is C42H50N8O6. The average molecular weight is 763 g/mol. The van der Waals surface area contributed by atoms with Crippen LogP contribution in [0.15, 0.2) is 64.4 Å². The number of carbonyl (C=O) groups is 1. The maximum Gasteiger partial charge on any atom is 0.330 e. The molecule has 4 heterocycles. The number of H-pyrrole nitrogens is 1. The highest BCUT2D eigenvalue weighted by Gasteiger charge is 2.53. The molecule has 56 heavy (non-hydrogen) atoms. The number of unbranched alkanes of at least 4 members (excludes halogenated alkanes) is 2. The van der Waals surface area contributed by atoms with Crippen LogP contribution in [0, 0.1) is 12.3 Å². The van der Waals surface area contributed by atoms with Gasteiger partial charge in [0.2, 0.25) is 5.91 Å². The first-order valence-electron chi connectivity index (χ1n) is 19.8. The molecule has 294 valence electrons. The van der Waals surface area contributed by atoms with E-state index in [1.807, 2.05) is 18.2 Å². The molecule has 0 spiro atoms. The summed E-state index contributed by atoms with van der Waals surface area (Å²) in [5.41, 5.74) is 6.34. The van der Waals surface area contributed by atoms with E-state index in [1.165, 1.54) is 29.2 Å². The minimum Gasteiger partial charge on any atom is -0.494 e. The van der Waals surface area contributed by atoms with Crippen molar-refractivity contribution in [3.8, 4) is 17.0 Å². The number of aryl methyl sites for hydroxylation is 1. The minimum atomic E-state index is -0.690. The molecule has 3 aromatic heterocycles. The fourth-order valence-corrected chi connectivity index (χ4v) is 9.46. The molecule has 14 nitrogen and oxygen atoms in total. The van der Waals surface area contributed by atoms with E-state index in [2.05, 4.69) is 65.6 Å². The van der Waals surface area contributed by atoms with Crippen molar-refractivity contribution in [3.63, 3.8) is 0 Å². The van der Waals surface area contributed by atoms with Crippen molar-refractivity contribution < 1.29 is 19.4 Å². The number of rotatable bonds is 12. The third-order valence-electron chi connectivity index (χ3n) is 12.2. The second-order valence-corrected chi connectivity index (χ2v) is 16.6. The SMILES string of the molecule is Cc1cn([C@H]2C[C@H](n3cc(CNC(=O)CCCCCOc4ccc5c(c4)-c4nc6ccccc6nc4[C@H]4C(C)(C)CCC[C@]54C)nn3)[C@@H](CO)O2)c(=O)[nH]c1=O. The first-order chi connectivity index (χ1) is 26.9. The molecule has 5 atom stereocenters. The van der Waals surface area contributed by atoms with Crippen molar-refractivity contribution in [1.29, 1.82) is 0 Å². The van der Waals surface area contributed by atoms with Crippen LogP contribution in [0.1, 0.15) is 113 Å². The first kappa shape index (κ1) is 37.7. The van der Waals surface area contributed by atoms with Gasteiger partial charge in [-0.1, -0.05) is 50.6 Å². The second-order valence-electron chi connectivity index (χ2n) is 16.6. The third kappa shape index (κ3) is 7.04. The third-order valence-corrected chi connectivity index (χ3v) is 12.2. The Morgan fingerprint density at radius 1 is 1.05 bits per heavy atom. The number of fused-ring (bicyclic) bond motifs is 7. The van der Waals surface area contributed by atoms with Crippen LogP contribution in [0.25, 0.3) is 22.3 Å². The summed E-state index contributed by atoms with van der Waals surface area (Å²) in [6, 6.07) is 14.3. The number of ether oxygens (including phenoxy) is 2. The van der Waals surface area contributed by atoms with Gasteiger partial charge in [-0.15, -0.1) is 5.10 Å². The number of amides is 1. The Bertz CT molecular complexity index is 2380. The van der Waals surface area contributed by atoms with Crippen LogP contribution in [-0.2, 0) is 21.5 Å². The normalized spacial score (nSPS) is 23.7. The lowest BCUT2D eigenvalue weighted by Crippen LogP contribution is -2.46. The van der Waals surface area contributed by atoms with Gasteiger partial charge in [0.05, 0.1) is 54.4 Å². The van der Waals surface area contributed by atoms with Gasteiger partial charge in [-0.2, -0.15) is 0 Å². The number of aliphatic hydroxyl groups excluding tert-OH is 1. The molecule has 3 N–H and O–H groups in total. The fourth-order valence-electron chi connectivity index (χ4n) is 9.46. The first-order valence-corrected chi connectivity index (χ1v) is 19.8. The number of nitrogens with zero attached hydrogens (tertiary/aromatic N) is 6. The van der Waals surface area contributed by atoms with Gasteiger partial charge >= 0.3 is 5.69 Å². The summed E-state index contributed by atoms with van der Waals surface area (Å²) in [5.74, 6) is 1.01. The fraction of sp³-hybridized carbons (Fsp3) is 0.500. The number of aromatic nitrogens is 7.